The fourth-order valence-corrected chi connectivity index (χ4v) is 2.23. The summed E-state index contributed by atoms with van der Waals surface area (Å²) in [4.78, 5) is 0. The van der Waals surface area contributed by atoms with Crippen molar-refractivity contribution in [3.63, 3.8) is 0 Å². The van der Waals surface area contributed by atoms with Crippen LogP contribution >= 0.6 is 0 Å². The second kappa shape index (κ2) is 3.28. The highest BCUT2D eigenvalue weighted by atomic mass is 32.2. The van der Waals surface area contributed by atoms with Gasteiger partial charge in [-0.1, -0.05) is 6.07 Å². The van der Waals surface area contributed by atoms with Crippen LogP contribution in [-0.2, 0) is 23.0 Å². The summed E-state index contributed by atoms with van der Waals surface area (Å²) in [7, 11) is -3.39. The molecule has 0 unspecified atom stereocenters. The molecule has 0 radical (unpaired) electrons. The lowest BCUT2D eigenvalue weighted by atomic mass is 10.1. The van der Waals surface area contributed by atoms with Gasteiger partial charge in [0.05, 0.1) is 6.26 Å². The van der Waals surface area contributed by atoms with Gasteiger partial charge in [-0.3, -0.25) is 0 Å². The molecule has 1 aliphatic carbocycles. The number of fused-ring (bicyclic) bond motifs is 1. The van der Waals surface area contributed by atoms with Gasteiger partial charge in [-0.2, -0.15) is 8.42 Å². The minimum Gasteiger partial charge on any atom is -0.383 e. The van der Waals surface area contributed by atoms with Crippen LogP contribution in [0.25, 0.3) is 0 Å². The molecular formula is C10H12O3S. The first-order valence-electron chi connectivity index (χ1n) is 4.56. The average Bonchev–Trinajstić information content (AvgIpc) is 2.47. The standard InChI is InChI=1S/C10H12O3S/c1-14(11,12)13-10-6-5-8-3-2-4-9(8)7-10/h5-7H,2-4H2,1H3. The minimum atomic E-state index is -3.39. The van der Waals surface area contributed by atoms with Crippen molar-refractivity contribution in [2.24, 2.45) is 0 Å². The lowest BCUT2D eigenvalue weighted by molar-refractivity contribution is 0.492. The van der Waals surface area contributed by atoms with Crippen LogP contribution in [0.1, 0.15) is 17.5 Å². The SMILES string of the molecule is CS(=O)(=O)Oc1ccc2c(c1)CCC2. The number of rotatable bonds is 2. The molecule has 2 rings (SSSR count). The number of hydrogen-bond acceptors (Lipinski definition) is 3. The Morgan fingerprint density at radius 3 is 2.64 bits per heavy atom. The summed E-state index contributed by atoms with van der Waals surface area (Å²) in [5.74, 6) is 0.424. The molecule has 0 heterocycles. The Kier molecular flexibility index (Phi) is 2.23. The molecule has 0 aromatic heterocycles. The first-order chi connectivity index (χ1) is 6.54. The van der Waals surface area contributed by atoms with Crippen LogP contribution < -0.4 is 4.18 Å². The lowest BCUT2D eigenvalue weighted by Gasteiger charge is -2.04. The van der Waals surface area contributed by atoms with E-state index in [0.29, 0.717) is 5.75 Å². The first kappa shape index (κ1) is 9.52. The smallest absolute Gasteiger partial charge is 0.306 e. The molecule has 0 bridgehead atoms. The van der Waals surface area contributed by atoms with Gasteiger partial charge in [0, 0.05) is 0 Å². The molecule has 1 aliphatic rings. The summed E-state index contributed by atoms with van der Waals surface area (Å²) in [6, 6.07) is 5.48. The van der Waals surface area contributed by atoms with E-state index in [9.17, 15) is 8.42 Å². The van der Waals surface area contributed by atoms with E-state index in [-0.39, 0.29) is 0 Å². The second-order valence-corrected chi connectivity index (χ2v) is 5.15. The zero-order chi connectivity index (χ0) is 10.2. The monoisotopic (exact) mass is 212 g/mol. The molecule has 1 aromatic carbocycles. The van der Waals surface area contributed by atoms with Crippen molar-refractivity contribution in [3.05, 3.63) is 29.3 Å². The fraction of sp³-hybridized carbons (Fsp3) is 0.400. The normalized spacial score (nSPS) is 15.2. The third-order valence-corrected chi connectivity index (χ3v) is 2.81. The molecule has 0 atom stereocenters. The molecule has 0 amide bonds. The van der Waals surface area contributed by atoms with Crippen LogP contribution in [0.3, 0.4) is 0 Å². The Morgan fingerprint density at radius 1 is 1.21 bits per heavy atom. The van der Waals surface area contributed by atoms with Crippen LogP contribution in [-0.4, -0.2) is 14.7 Å². The fourth-order valence-electron chi connectivity index (χ4n) is 1.77. The summed E-state index contributed by atoms with van der Waals surface area (Å²) in [6.07, 6.45) is 4.32. The summed E-state index contributed by atoms with van der Waals surface area (Å²) < 4.78 is 26.6. The minimum absolute atomic E-state index is 0.424. The molecule has 0 fully saturated rings. The molecular weight excluding hydrogens is 200 g/mol. The Balaban J connectivity index is 2.29. The molecule has 3 nitrogen and oxygen atoms in total. The van der Waals surface area contributed by atoms with Crippen molar-refractivity contribution in [2.45, 2.75) is 19.3 Å². The Hall–Kier alpha value is -1.03. The molecule has 0 aliphatic heterocycles. The van der Waals surface area contributed by atoms with Crippen LogP contribution in [0.5, 0.6) is 5.75 Å². The van der Waals surface area contributed by atoms with E-state index in [0.717, 1.165) is 25.5 Å². The predicted octanol–water partition coefficient (Wildman–Crippen LogP) is 1.51. The van der Waals surface area contributed by atoms with Crippen molar-refractivity contribution in [1.29, 1.82) is 0 Å². The first-order valence-corrected chi connectivity index (χ1v) is 6.37. The Morgan fingerprint density at radius 2 is 1.93 bits per heavy atom. The van der Waals surface area contributed by atoms with Crippen molar-refractivity contribution in [1.82, 2.24) is 0 Å². The largest absolute Gasteiger partial charge is 0.383 e. The van der Waals surface area contributed by atoms with Crippen molar-refractivity contribution >= 4 is 10.1 Å². The predicted molar refractivity (Wildman–Crippen MR) is 53.9 cm³/mol. The van der Waals surface area contributed by atoms with E-state index in [1.54, 1.807) is 6.07 Å². The van der Waals surface area contributed by atoms with Gasteiger partial charge in [-0.05, 0) is 42.5 Å². The van der Waals surface area contributed by atoms with E-state index in [1.807, 2.05) is 12.1 Å². The molecule has 0 saturated carbocycles. The molecule has 4 heteroatoms. The van der Waals surface area contributed by atoms with Gasteiger partial charge in [0.15, 0.2) is 0 Å². The summed E-state index contributed by atoms with van der Waals surface area (Å²) in [6.45, 7) is 0. The average molecular weight is 212 g/mol. The second-order valence-electron chi connectivity index (χ2n) is 3.57. The zero-order valence-corrected chi connectivity index (χ0v) is 8.80. The molecule has 14 heavy (non-hydrogen) atoms. The maximum atomic E-state index is 10.9. The van der Waals surface area contributed by atoms with Gasteiger partial charge < -0.3 is 4.18 Å². The molecule has 0 N–H and O–H groups in total. The van der Waals surface area contributed by atoms with Crippen LogP contribution in [0.4, 0.5) is 0 Å². The highest BCUT2D eigenvalue weighted by Gasteiger charge is 2.12. The zero-order valence-electron chi connectivity index (χ0n) is 7.99. The van der Waals surface area contributed by atoms with Gasteiger partial charge in [-0.25, -0.2) is 0 Å². The molecule has 0 saturated heterocycles. The van der Waals surface area contributed by atoms with E-state index >= 15 is 0 Å². The topological polar surface area (TPSA) is 43.4 Å². The number of aryl methyl sites for hydroxylation is 2. The molecule has 1 aromatic rings. The maximum Gasteiger partial charge on any atom is 0.306 e. The Labute approximate surface area is 83.8 Å². The maximum absolute atomic E-state index is 10.9. The summed E-state index contributed by atoms with van der Waals surface area (Å²) >= 11 is 0. The third kappa shape index (κ3) is 2.07. The molecule has 76 valence electrons. The van der Waals surface area contributed by atoms with E-state index < -0.39 is 10.1 Å². The number of benzene rings is 1. The quantitative estimate of drug-likeness (QED) is 0.698. The third-order valence-electron chi connectivity index (χ3n) is 2.32. The van der Waals surface area contributed by atoms with Gasteiger partial charge in [0.2, 0.25) is 0 Å². The molecule has 0 spiro atoms. The van der Waals surface area contributed by atoms with Gasteiger partial charge in [0.25, 0.3) is 0 Å². The van der Waals surface area contributed by atoms with Gasteiger partial charge in [0.1, 0.15) is 5.75 Å². The highest BCUT2D eigenvalue weighted by molar-refractivity contribution is 7.86. The summed E-state index contributed by atoms with van der Waals surface area (Å²) in [5.41, 5.74) is 2.53. The summed E-state index contributed by atoms with van der Waals surface area (Å²) in [5, 5.41) is 0. The van der Waals surface area contributed by atoms with Gasteiger partial charge >= 0.3 is 10.1 Å². The number of hydrogen-bond donors (Lipinski definition) is 0. The van der Waals surface area contributed by atoms with Gasteiger partial charge in [-0.15, -0.1) is 0 Å². The van der Waals surface area contributed by atoms with Crippen molar-refractivity contribution in [2.75, 3.05) is 6.26 Å². The van der Waals surface area contributed by atoms with E-state index in [1.165, 1.54) is 11.1 Å². The van der Waals surface area contributed by atoms with Crippen LogP contribution in [0, 0.1) is 0 Å². The lowest BCUT2D eigenvalue weighted by Crippen LogP contribution is -2.05. The van der Waals surface area contributed by atoms with Crippen molar-refractivity contribution < 1.29 is 12.6 Å². The highest BCUT2D eigenvalue weighted by Crippen LogP contribution is 2.26. The van der Waals surface area contributed by atoms with Crippen LogP contribution in [0.2, 0.25) is 0 Å². The van der Waals surface area contributed by atoms with Crippen molar-refractivity contribution in [3.8, 4) is 5.75 Å². The van der Waals surface area contributed by atoms with E-state index in [4.69, 9.17) is 4.18 Å². The Bertz CT molecular complexity index is 448. The van der Waals surface area contributed by atoms with Crippen LogP contribution in [0.15, 0.2) is 18.2 Å². The van der Waals surface area contributed by atoms with E-state index in [2.05, 4.69) is 0 Å².